The van der Waals surface area contributed by atoms with Crippen LogP contribution in [0.5, 0.6) is 0 Å². The Morgan fingerprint density at radius 3 is 2.58 bits per heavy atom. The number of ether oxygens (including phenoxy) is 1. The Kier molecular flexibility index (Phi) is 6.03. The minimum atomic E-state index is -0.201. The number of nitrogens with zero attached hydrogens (tertiary/aromatic N) is 3. The van der Waals surface area contributed by atoms with Crippen molar-refractivity contribution in [3.63, 3.8) is 0 Å². The summed E-state index contributed by atoms with van der Waals surface area (Å²) in [6.45, 7) is 6.29. The van der Waals surface area contributed by atoms with Gasteiger partial charge in [0.25, 0.3) is 0 Å². The zero-order valence-corrected chi connectivity index (χ0v) is 20.5. The molecule has 0 bridgehead atoms. The molecular formula is C30H30N4O2. The number of amides is 1. The van der Waals surface area contributed by atoms with Gasteiger partial charge < -0.3 is 14.6 Å². The number of pyridine rings is 1. The fourth-order valence-electron chi connectivity index (χ4n) is 5.21. The highest BCUT2D eigenvalue weighted by atomic mass is 16.6. The molecule has 6 heteroatoms. The number of aromatic nitrogens is 2. The first kappa shape index (κ1) is 22.6. The molecule has 0 unspecified atom stereocenters. The second-order valence-corrected chi connectivity index (χ2v) is 9.48. The molecule has 3 heterocycles. The van der Waals surface area contributed by atoms with Crippen LogP contribution in [0.15, 0.2) is 73.1 Å². The first-order valence-electron chi connectivity index (χ1n) is 12.7. The molecule has 1 amide bonds. The molecular weight excluding hydrogens is 448 g/mol. The van der Waals surface area contributed by atoms with Gasteiger partial charge in [-0.2, -0.15) is 0 Å². The average molecular weight is 479 g/mol. The molecule has 1 fully saturated rings. The predicted octanol–water partition coefficient (Wildman–Crippen LogP) is 5.49. The van der Waals surface area contributed by atoms with E-state index in [9.17, 15) is 4.79 Å². The summed E-state index contributed by atoms with van der Waals surface area (Å²) in [6, 6.07) is 19.8. The van der Waals surface area contributed by atoms with Crippen molar-refractivity contribution in [3.05, 3.63) is 95.5 Å². The zero-order valence-electron chi connectivity index (χ0n) is 20.5. The Morgan fingerprint density at radius 2 is 1.78 bits per heavy atom. The minimum Gasteiger partial charge on any atom is -0.450 e. The lowest BCUT2D eigenvalue weighted by molar-refractivity contribution is 0.0778. The number of carbonyl (C=O) groups is 1. The van der Waals surface area contributed by atoms with E-state index in [1.165, 1.54) is 33.2 Å². The maximum absolute atomic E-state index is 11.9. The van der Waals surface area contributed by atoms with Crippen molar-refractivity contribution in [2.75, 3.05) is 32.8 Å². The largest absolute Gasteiger partial charge is 0.450 e. The number of piperazine rings is 1. The Hall–Kier alpha value is -3.90. The number of hydrogen-bond acceptors (Lipinski definition) is 4. The van der Waals surface area contributed by atoms with Gasteiger partial charge in [0.05, 0.1) is 12.3 Å². The van der Waals surface area contributed by atoms with Crippen LogP contribution in [-0.2, 0) is 17.7 Å². The van der Waals surface area contributed by atoms with E-state index in [-0.39, 0.29) is 6.09 Å². The van der Waals surface area contributed by atoms with E-state index in [0.29, 0.717) is 19.7 Å². The maximum Gasteiger partial charge on any atom is 0.409 e. The van der Waals surface area contributed by atoms with Crippen molar-refractivity contribution in [3.8, 4) is 11.1 Å². The lowest BCUT2D eigenvalue weighted by Gasteiger charge is -2.34. The van der Waals surface area contributed by atoms with Crippen molar-refractivity contribution in [2.45, 2.75) is 19.9 Å². The van der Waals surface area contributed by atoms with Gasteiger partial charge in [-0.05, 0) is 58.8 Å². The lowest BCUT2D eigenvalue weighted by atomic mass is 9.97. The van der Waals surface area contributed by atoms with Crippen molar-refractivity contribution in [1.82, 2.24) is 19.8 Å². The first-order valence-corrected chi connectivity index (χ1v) is 12.7. The zero-order chi connectivity index (χ0) is 24.5. The van der Waals surface area contributed by atoms with Crippen LogP contribution < -0.4 is 0 Å². The molecule has 182 valence electrons. The van der Waals surface area contributed by atoms with Crippen LogP contribution in [0.3, 0.4) is 0 Å². The van der Waals surface area contributed by atoms with E-state index in [4.69, 9.17) is 9.72 Å². The summed E-state index contributed by atoms with van der Waals surface area (Å²) < 4.78 is 5.12. The summed E-state index contributed by atoms with van der Waals surface area (Å²) in [6.07, 6.45) is 6.94. The third kappa shape index (κ3) is 4.40. The summed E-state index contributed by atoms with van der Waals surface area (Å²) in [4.78, 5) is 24.2. The first-order chi connectivity index (χ1) is 17.7. The van der Waals surface area contributed by atoms with Crippen molar-refractivity contribution >= 4 is 22.6 Å². The smallest absolute Gasteiger partial charge is 0.409 e. The van der Waals surface area contributed by atoms with Crippen molar-refractivity contribution < 1.29 is 9.53 Å². The minimum absolute atomic E-state index is 0.201. The molecule has 0 saturated carbocycles. The Labute approximate surface area is 211 Å². The molecule has 1 N–H and O–H groups in total. The summed E-state index contributed by atoms with van der Waals surface area (Å²) in [5.74, 6) is 0. The maximum atomic E-state index is 11.9. The molecule has 6 nitrogen and oxygen atoms in total. The second-order valence-electron chi connectivity index (χ2n) is 9.48. The summed E-state index contributed by atoms with van der Waals surface area (Å²) in [5.41, 5.74) is 9.61. The molecule has 2 aromatic heterocycles. The van der Waals surface area contributed by atoms with E-state index >= 15 is 0 Å². The molecule has 0 spiro atoms. The van der Waals surface area contributed by atoms with Gasteiger partial charge in [-0.15, -0.1) is 0 Å². The van der Waals surface area contributed by atoms with Gasteiger partial charge in [0.1, 0.15) is 0 Å². The Morgan fingerprint density at radius 1 is 0.972 bits per heavy atom. The Balaban J connectivity index is 1.15. The van der Waals surface area contributed by atoms with Crippen LogP contribution in [0.4, 0.5) is 4.79 Å². The number of hydrogen-bond donors (Lipinski definition) is 1. The predicted molar refractivity (Wildman–Crippen MR) is 143 cm³/mol. The van der Waals surface area contributed by atoms with E-state index in [1.807, 2.05) is 19.3 Å². The topological polar surface area (TPSA) is 61.5 Å². The third-order valence-electron chi connectivity index (χ3n) is 7.22. The summed E-state index contributed by atoms with van der Waals surface area (Å²) in [7, 11) is 0. The van der Waals surface area contributed by atoms with Crippen LogP contribution in [0.1, 0.15) is 29.3 Å². The summed E-state index contributed by atoms with van der Waals surface area (Å²) >= 11 is 0. The molecule has 1 aliphatic heterocycles. The monoisotopic (exact) mass is 478 g/mol. The van der Waals surface area contributed by atoms with Crippen LogP contribution in [0.25, 0.3) is 27.6 Å². The molecule has 0 radical (unpaired) electrons. The van der Waals surface area contributed by atoms with E-state index in [0.717, 1.165) is 42.8 Å². The van der Waals surface area contributed by atoms with Crippen LogP contribution in [0, 0.1) is 0 Å². The van der Waals surface area contributed by atoms with Crippen LogP contribution in [-0.4, -0.2) is 58.6 Å². The van der Waals surface area contributed by atoms with E-state index in [2.05, 4.69) is 70.6 Å². The molecule has 1 aliphatic carbocycles. The van der Waals surface area contributed by atoms with Crippen molar-refractivity contribution in [2.24, 2.45) is 0 Å². The van der Waals surface area contributed by atoms with E-state index in [1.54, 1.807) is 4.90 Å². The second kappa shape index (κ2) is 9.63. The third-order valence-corrected chi connectivity index (χ3v) is 7.22. The normalized spacial score (nSPS) is 15.7. The molecule has 2 aliphatic rings. The van der Waals surface area contributed by atoms with Gasteiger partial charge >= 0.3 is 6.09 Å². The standard InChI is InChI=1S/C30H30N4O2/c1-2-36-30(35)34-15-13-33(14-16-34)20-21-3-5-22(6-4-21)25-18-27-26(8-10-29(27)32-19-25)23-7-9-28-24(17-23)11-12-31-28/h3-9,11-12,17-19,31H,2,10,13-16,20H2,1H3. The number of allylic oxidation sites excluding steroid dienone is 1. The number of benzene rings is 2. The SMILES string of the molecule is CCOC(=O)N1CCN(Cc2ccc(-c3cnc4c(c3)C(c3ccc5[nH]ccc5c3)=CC4)cc2)CC1. The molecule has 0 atom stereocenters. The number of H-pyrrole nitrogens is 1. The lowest BCUT2D eigenvalue weighted by Crippen LogP contribution is -2.48. The molecule has 2 aromatic carbocycles. The van der Waals surface area contributed by atoms with Gasteiger partial charge in [0, 0.05) is 68.2 Å². The van der Waals surface area contributed by atoms with Gasteiger partial charge in [0.15, 0.2) is 0 Å². The highest BCUT2D eigenvalue weighted by Crippen LogP contribution is 2.35. The molecule has 1 saturated heterocycles. The molecule has 4 aromatic rings. The molecule has 36 heavy (non-hydrogen) atoms. The van der Waals surface area contributed by atoms with E-state index < -0.39 is 0 Å². The molecule has 6 rings (SSSR count). The fourth-order valence-corrected chi connectivity index (χ4v) is 5.21. The van der Waals surface area contributed by atoms with Crippen LogP contribution in [0.2, 0.25) is 0 Å². The quantitative estimate of drug-likeness (QED) is 0.412. The van der Waals surface area contributed by atoms with Gasteiger partial charge in [-0.3, -0.25) is 9.88 Å². The highest BCUT2D eigenvalue weighted by Gasteiger charge is 2.22. The number of nitrogens with one attached hydrogen (secondary N) is 1. The van der Waals surface area contributed by atoms with Gasteiger partial charge in [-0.25, -0.2) is 4.79 Å². The number of carbonyl (C=O) groups excluding carboxylic acids is 1. The van der Waals surface area contributed by atoms with Gasteiger partial charge in [0.2, 0.25) is 0 Å². The van der Waals surface area contributed by atoms with Crippen molar-refractivity contribution in [1.29, 1.82) is 0 Å². The fraction of sp³-hybridized carbons (Fsp3) is 0.267. The number of rotatable bonds is 5. The number of fused-ring (bicyclic) bond motifs is 2. The average Bonchev–Trinajstić information content (AvgIpc) is 3.56. The van der Waals surface area contributed by atoms with Gasteiger partial charge in [-0.1, -0.05) is 36.4 Å². The highest BCUT2D eigenvalue weighted by molar-refractivity contribution is 5.90. The van der Waals surface area contributed by atoms with Crippen LogP contribution >= 0.6 is 0 Å². The number of aromatic amines is 1. The summed E-state index contributed by atoms with van der Waals surface area (Å²) in [5, 5.41) is 1.23. The Bertz CT molecular complexity index is 1430.